The molecule has 194 valence electrons. The molecule has 0 aliphatic carbocycles. The van der Waals surface area contributed by atoms with Crippen LogP contribution in [-0.4, -0.2) is 86.2 Å². The second kappa shape index (κ2) is 14.5. The van der Waals surface area contributed by atoms with E-state index in [-0.39, 0.29) is 5.91 Å². The van der Waals surface area contributed by atoms with Gasteiger partial charge in [-0.2, -0.15) is 4.37 Å². The van der Waals surface area contributed by atoms with Crippen LogP contribution in [0, 0.1) is 0 Å². The highest BCUT2D eigenvalue weighted by molar-refractivity contribution is 7.09. The number of carbonyl (C=O) groups excluding carboxylic acids is 1. The molecule has 3 rings (SSSR count). The molecule has 0 aliphatic rings. The lowest BCUT2D eigenvalue weighted by Gasteiger charge is -2.26. The van der Waals surface area contributed by atoms with E-state index in [1.807, 2.05) is 61.5 Å². The van der Waals surface area contributed by atoms with Gasteiger partial charge in [0.25, 0.3) is 0 Å². The number of carbonyl (C=O) groups is 1. The molecule has 0 bridgehead atoms. The Morgan fingerprint density at radius 3 is 2.44 bits per heavy atom. The minimum Gasteiger partial charge on any atom is -0.497 e. The first-order valence-electron chi connectivity index (χ1n) is 12.1. The topological polar surface area (TPSA) is 71.0 Å². The maximum Gasteiger partial charge on any atom is 0.224 e. The first kappa shape index (κ1) is 27.6. The number of rotatable bonds is 15. The van der Waals surface area contributed by atoms with Crippen LogP contribution in [0.5, 0.6) is 5.75 Å². The number of anilines is 1. The summed E-state index contributed by atoms with van der Waals surface area (Å²) in [4.78, 5) is 24.2. The van der Waals surface area contributed by atoms with Crippen LogP contribution in [0.3, 0.4) is 0 Å². The standard InChI is InChI=1S/C27H37N5O3S/c1-30(2)15-16-32(21-22-9-6-5-7-10-22)26(33)13-14-31(17-18-34-3)27-28-25(29-36-27)20-23-11-8-12-24(19-23)35-4/h5-12,19H,13-18,20-21H2,1-4H3. The van der Waals surface area contributed by atoms with Gasteiger partial charge in [-0.15, -0.1) is 0 Å². The quantitative estimate of drug-likeness (QED) is 0.309. The molecule has 0 saturated carbocycles. The van der Waals surface area contributed by atoms with E-state index >= 15 is 0 Å². The highest BCUT2D eigenvalue weighted by Crippen LogP contribution is 2.21. The minimum atomic E-state index is 0.129. The van der Waals surface area contributed by atoms with Crippen molar-refractivity contribution < 1.29 is 14.3 Å². The summed E-state index contributed by atoms with van der Waals surface area (Å²) in [6.07, 6.45) is 1.02. The van der Waals surface area contributed by atoms with E-state index in [0.29, 0.717) is 45.6 Å². The summed E-state index contributed by atoms with van der Waals surface area (Å²) in [5.74, 6) is 1.70. The molecular formula is C27H37N5O3S. The third-order valence-corrected chi connectivity index (χ3v) is 6.59. The fourth-order valence-electron chi connectivity index (χ4n) is 3.72. The number of methoxy groups -OCH3 is 2. The van der Waals surface area contributed by atoms with Crippen molar-refractivity contribution in [1.82, 2.24) is 19.2 Å². The van der Waals surface area contributed by atoms with Gasteiger partial charge in [0.15, 0.2) is 0 Å². The van der Waals surface area contributed by atoms with Crippen molar-refractivity contribution in [2.75, 3.05) is 66.0 Å². The lowest BCUT2D eigenvalue weighted by Crippen LogP contribution is -2.38. The van der Waals surface area contributed by atoms with Crippen LogP contribution in [-0.2, 0) is 22.5 Å². The monoisotopic (exact) mass is 511 g/mol. The van der Waals surface area contributed by atoms with Crippen LogP contribution in [0.2, 0.25) is 0 Å². The Balaban J connectivity index is 1.65. The van der Waals surface area contributed by atoms with Gasteiger partial charge in [0.1, 0.15) is 11.6 Å². The van der Waals surface area contributed by atoms with Crippen LogP contribution >= 0.6 is 11.5 Å². The van der Waals surface area contributed by atoms with Crippen molar-refractivity contribution >= 4 is 22.6 Å². The molecule has 1 heterocycles. The zero-order valence-corrected chi connectivity index (χ0v) is 22.5. The van der Waals surface area contributed by atoms with Gasteiger partial charge in [-0.25, -0.2) is 4.98 Å². The van der Waals surface area contributed by atoms with Crippen molar-refractivity contribution in [3.8, 4) is 5.75 Å². The predicted molar refractivity (Wildman–Crippen MR) is 145 cm³/mol. The smallest absolute Gasteiger partial charge is 0.224 e. The molecule has 0 saturated heterocycles. The number of nitrogens with zero attached hydrogens (tertiary/aromatic N) is 5. The fraction of sp³-hybridized carbons (Fsp3) is 0.444. The SMILES string of the molecule is COCCN(CCC(=O)N(CCN(C)C)Cc1ccccc1)c1nc(Cc2cccc(OC)c2)ns1. The van der Waals surface area contributed by atoms with E-state index in [2.05, 4.69) is 26.3 Å². The minimum absolute atomic E-state index is 0.129. The summed E-state index contributed by atoms with van der Waals surface area (Å²) >= 11 is 1.36. The maximum absolute atomic E-state index is 13.3. The molecule has 36 heavy (non-hydrogen) atoms. The van der Waals surface area contributed by atoms with Gasteiger partial charge in [0.05, 0.1) is 13.7 Å². The molecule has 1 amide bonds. The molecule has 0 aliphatic heterocycles. The molecule has 3 aromatic rings. The van der Waals surface area contributed by atoms with Crippen molar-refractivity contribution in [1.29, 1.82) is 0 Å². The van der Waals surface area contributed by atoms with Crippen LogP contribution in [0.4, 0.5) is 5.13 Å². The van der Waals surface area contributed by atoms with Gasteiger partial charge in [-0.1, -0.05) is 42.5 Å². The number of likely N-dealkylation sites (N-methyl/N-ethyl adjacent to an activating group) is 1. The van der Waals surface area contributed by atoms with Crippen LogP contribution in [0.25, 0.3) is 0 Å². The average molecular weight is 512 g/mol. The zero-order chi connectivity index (χ0) is 25.8. The molecular weight excluding hydrogens is 474 g/mol. The molecule has 2 aromatic carbocycles. The Labute approximate surface area is 218 Å². The first-order chi connectivity index (χ1) is 17.5. The summed E-state index contributed by atoms with van der Waals surface area (Å²) in [7, 11) is 7.39. The van der Waals surface area contributed by atoms with Crippen LogP contribution in [0.1, 0.15) is 23.4 Å². The summed E-state index contributed by atoms with van der Waals surface area (Å²) < 4.78 is 15.2. The molecule has 1 aromatic heterocycles. The first-order valence-corrected chi connectivity index (χ1v) is 12.9. The highest BCUT2D eigenvalue weighted by atomic mass is 32.1. The molecule has 0 radical (unpaired) electrons. The lowest BCUT2D eigenvalue weighted by molar-refractivity contribution is -0.131. The molecule has 0 atom stereocenters. The van der Waals surface area contributed by atoms with Crippen LogP contribution < -0.4 is 9.64 Å². The van der Waals surface area contributed by atoms with Gasteiger partial charge >= 0.3 is 0 Å². The normalized spacial score (nSPS) is 11.0. The Bertz CT molecular complexity index is 1060. The van der Waals surface area contributed by atoms with Gasteiger partial charge in [0.2, 0.25) is 11.0 Å². The van der Waals surface area contributed by atoms with E-state index < -0.39 is 0 Å². The highest BCUT2D eigenvalue weighted by Gasteiger charge is 2.19. The van der Waals surface area contributed by atoms with E-state index in [1.54, 1.807) is 14.2 Å². The largest absolute Gasteiger partial charge is 0.497 e. The molecule has 9 heteroatoms. The predicted octanol–water partition coefficient (Wildman–Crippen LogP) is 3.57. The summed E-state index contributed by atoms with van der Waals surface area (Å²) in [5.41, 5.74) is 2.22. The fourth-order valence-corrected chi connectivity index (χ4v) is 4.46. The van der Waals surface area contributed by atoms with Crippen molar-refractivity contribution in [3.63, 3.8) is 0 Å². The van der Waals surface area contributed by atoms with Crippen molar-refractivity contribution in [3.05, 3.63) is 71.5 Å². The third kappa shape index (κ3) is 8.89. The van der Waals surface area contributed by atoms with Crippen molar-refractivity contribution in [2.45, 2.75) is 19.4 Å². The lowest BCUT2D eigenvalue weighted by atomic mass is 10.1. The Kier molecular flexibility index (Phi) is 11.1. The van der Waals surface area contributed by atoms with E-state index in [4.69, 9.17) is 14.5 Å². The summed E-state index contributed by atoms with van der Waals surface area (Å²) in [5, 5.41) is 0.806. The molecule has 8 nitrogen and oxygen atoms in total. The Morgan fingerprint density at radius 2 is 1.72 bits per heavy atom. The Morgan fingerprint density at radius 1 is 0.944 bits per heavy atom. The summed E-state index contributed by atoms with van der Waals surface area (Å²) in [6, 6.07) is 18.1. The number of amides is 1. The zero-order valence-electron chi connectivity index (χ0n) is 21.7. The van der Waals surface area contributed by atoms with Gasteiger partial charge < -0.3 is 24.2 Å². The van der Waals surface area contributed by atoms with Gasteiger partial charge in [-0.05, 0) is 37.4 Å². The third-order valence-electron chi connectivity index (χ3n) is 5.77. The second-order valence-electron chi connectivity index (χ2n) is 8.86. The van der Waals surface area contributed by atoms with E-state index in [0.717, 1.165) is 34.4 Å². The number of ether oxygens (including phenoxy) is 2. The number of aromatic nitrogens is 2. The van der Waals surface area contributed by atoms with E-state index in [9.17, 15) is 4.79 Å². The molecule has 0 N–H and O–H groups in total. The summed E-state index contributed by atoms with van der Waals surface area (Å²) in [6.45, 7) is 3.86. The molecule has 0 unspecified atom stereocenters. The number of hydrogen-bond acceptors (Lipinski definition) is 8. The molecule has 0 fully saturated rings. The Hall–Kier alpha value is -3.01. The molecule has 0 spiro atoms. The average Bonchev–Trinajstić information content (AvgIpc) is 3.35. The van der Waals surface area contributed by atoms with Gasteiger partial charge in [0, 0.05) is 64.2 Å². The number of hydrogen-bond donors (Lipinski definition) is 0. The second-order valence-corrected chi connectivity index (χ2v) is 9.59. The number of benzene rings is 2. The van der Waals surface area contributed by atoms with Crippen LogP contribution in [0.15, 0.2) is 54.6 Å². The van der Waals surface area contributed by atoms with Gasteiger partial charge in [-0.3, -0.25) is 4.79 Å². The maximum atomic E-state index is 13.3. The van der Waals surface area contributed by atoms with Crippen molar-refractivity contribution in [2.24, 2.45) is 0 Å². The van der Waals surface area contributed by atoms with E-state index in [1.165, 1.54) is 11.5 Å².